The lowest BCUT2D eigenvalue weighted by Gasteiger charge is -2.33. The van der Waals surface area contributed by atoms with Gasteiger partial charge in [0.1, 0.15) is 5.82 Å². The number of piperazine rings is 1. The molecular formula is C16H26N6. The summed E-state index contributed by atoms with van der Waals surface area (Å²) >= 11 is 0. The first kappa shape index (κ1) is 16.3. The molecule has 1 aromatic rings. The van der Waals surface area contributed by atoms with Crippen LogP contribution < -0.4 is 16.0 Å². The van der Waals surface area contributed by atoms with Crippen molar-refractivity contribution in [2.24, 2.45) is 10.7 Å². The first-order valence-corrected chi connectivity index (χ1v) is 7.61. The number of aliphatic imine (C=N–C) groups is 1. The maximum absolute atomic E-state index is 5.79. The molecule has 1 aliphatic rings. The number of nitrogens with one attached hydrogen (secondary N) is 1. The standard InChI is InChI=1S/C16H26N6/c1-13(2)10-19-16(17)20-12-14-4-5-15(18-11-14)22-8-6-21(3)7-9-22/h4-5,11H,1,6-10,12H2,2-3H3,(H3,17,19,20). The second-order valence-electron chi connectivity index (χ2n) is 5.83. The number of nitrogens with two attached hydrogens (primary N) is 1. The van der Waals surface area contributed by atoms with Crippen LogP contribution in [0.2, 0.25) is 0 Å². The van der Waals surface area contributed by atoms with Crippen LogP contribution in [-0.4, -0.2) is 55.6 Å². The van der Waals surface area contributed by atoms with Gasteiger partial charge in [0.05, 0.1) is 6.54 Å². The molecule has 2 rings (SSSR count). The van der Waals surface area contributed by atoms with Crippen LogP contribution in [0.4, 0.5) is 5.82 Å². The first-order chi connectivity index (χ1) is 10.5. The largest absolute Gasteiger partial charge is 0.370 e. The van der Waals surface area contributed by atoms with Gasteiger partial charge in [-0.2, -0.15) is 0 Å². The molecule has 1 aromatic heterocycles. The molecule has 6 nitrogen and oxygen atoms in total. The normalized spacial score (nSPS) is 16.6. The smallest absolute Gasteiger partial charge is 0.189 e. The molecule has 0 aliphatic carbocycles. The molecule has 0 bridgehead atoms. The van der Waals surface area contributed by atoms with Gasteiger partial charge in [0, 0.05) is 38.9 Å². The van der Waals surface area contributed by atoms with Gasteiger partial charge in [-0.15, -0.1) is 0 Å². The van der Waals surface area contributed by atoms with E-state index < -0.39 is 0 Å². The van der Waals surface area contributed by atoms with Crippen LogP contribution >= 0.6 is 0 Å². The summed E-state index contributed by atoms with van der Waals surface area (Å²) in [4.78, 5) is 13.5. The highest BCUT2D eigenvalue weighted by Crippen LogP contribution is 2.13. The van der Waals surface area contributed by atoms with Crippen molar-refractivity contribution in [3.8, 4) is 0 Å². The molecule has 0 saturated carbocycles. The van der Waals surface area contributed by atoms with Crippen molar-refractivity contribution in [3.05, 3.63) is 36.0 Å². The van der Waals surface area contributed by atoms with Gasteiger partial charge in [-0.05, 0) is 25.6 Å². The lowest BCUT2D eigenvalue weighted by molar-refractivity contribution is 0.312. The number of nitrogens with zero attached hydrogens (tertiary/aromatic N) is 4. The van der Waals surface area contributed by atoms with Crippen molar-refractivity contribution in [2.45, 2.75) is 13.5 Å². The highest BCUT2D eigenvalue weighted by molar-refractivity contribution is 5.78. The molecule has 0 aromatic carbocycles. The molecule has 1 fully saturated rings. The zero-order valence-electron chi connectivity index (χ0n) is 13.5. The molecule has 22 heavy (non-hydrogen) atoms. The monoisotopic (exact) mass is 302 g/mol. The number of pyridine rings is 1. The van der Waals surface area contributed by atoms with E-state index in [0.717, 1.165) is 43.1 Å². The Kier molecular flexibility index (Phi) is 5.77. The van der Waals surface area contributed by atoms with E-state index in [4.69, 9.17) is 5.73 Å². The Morgan fingerprint density at radius 3 is 2.68 bits per heavy atom. The predicted molar refractivity (Wildman–Crippen MR) is 92.1 cm³/mol. The molecule has 0 radical (unpaired) electrons. The second-order valence-corrected chi connectivity index (χ2v) is 5.83. The summed E-state index contributed by atoms with van der Waals surface area (Å²) in [6, 6.07) is 4.13. The van der Waals surface area contributed by atoms with E-state index in [1.165, 1.54) is 0 Å². The molecule has 1 aliphatic heterocycles. The van der Waals surface area contributed by atoms with E-state index in [2.05, 4.69) is 50.9 Å². The number of guanidine groups is 1. The summed E-state index contributed by atoms with van der Waals surface area (Å²) in [6.45, 7) is 11.2. The minimum absolute atomic E-state index is 0.436. The SMILES string of the molecule is C=C(C)CNC(N)=NCc1ccc(N2CCN(C)CC2)nc1. The fraction of sp³-hybridized carbons (Fsp3) is 0.500. The van der Waals surface area contributed by atoms with Crippen LogP contribution in [0.3, 0.4) is 0 Å². The fourth-order valence-corrected chi connectivity index (χ4v) is 2.21. The van der Waals surface area contributed by atoms with Crippen LogP contribution in [0, 0.1) is 0 Å². The molecule has 0 unspecified atom stereocenters. The van der Waals surface area contributed by atoms with E-state index >= 15 is 0 Å². The molecule has 0 spiro atoms. The molecule has 6 heteroatoms. The van der Waals surface area contributed by atoms with Crippen LogP contribution in [-0.2, 0) is 6.54 Å². The highest BCUT2D eigenvalue weighted by Gasteiger charge is 2.14. The number of hydrogen-bond donors (Lipinski definition) is 2. The van der Waals surface area contributed by atoms with Gasteiger partial charge in [-0.1, -0.05) is 18.2 Å². The van der Waals surface area contributed by atoms with Crippen LogP contribution in [0.1, 0.15) is 12.5 Å². The van der Waals surface area contributed by atoms with Crippen molar-refractivity contribution >= 4 is 11.8 Å². The maximum Gasteiger partial charge on any atom is 0.189 e. The molecular weight excluding hydrogens is 276 g/mol. The van der Waals surface area contributed by atoms with Gasteiger partial charge in [-0.3, -0.25) is 0 Å². The zero-order valence-corrected chi connectivity index (χ0v) is 13.5. The Balaban J connectivity index is 1.86. The van der Waals surface area contributed by atoms with Gasteiger partial charge in [0.2, 0.25) is 0 Å². The van der Waals surface area contributed by atoms with Gasteiger partial charge in [0.25, 0.3) is 0 Å². The Bertz CT molecular complexity index is 514. The van der Waals surface area contributed by atoms with E-state index in [9.17, 15) is 0 Å². The third-order valence-electron chi connectivity index (χ3n) is 3.64. The van der Waals surface area contributed by atoms with Crippen LogP contribution in [0.25, 0.3) is 0 Å². The van der Waals surface area contributed by atoms with Crippen LogP contribution in [0.5, 0.6) is 0 Å². The Hall–Kier alpha value is -2.08. The molecule has 0 atom stereocenters. The number of anilines is 1. The summed E-state index contributed by atoms with van der Waals surface area (Å²) in [7, 11) is 2.15. The number of likely N-dealkylation sites (N-methyl/N-ethyl adjacent to an activating group) is 1. The van der Waals surface area contributed by atoms with Gasteiger partial charge >= 0.3 is 0 Å². The minimum atomic E-state index is 0.436. The van der Waals surface area contributed by atoms with E-state index in [0.29, 0.717) is 19.0 Å². The highest BCUT2D eigenvalue weighted by atomic mass is 15.3. The lowest BCUT2D eigenvalue weighted by atomic mass is 10.2. The summed E-state index contributed by atoms with van der Waals surface area (Å²) in [5, 5.41) is 3.01. The fourth-order valence-electron chi connectivity index (χ4n) is 2.21. The Morgan fingerprint density at radius 1 is 1.36 bits per heavy atom. The minimum Gasteiger partial charge on any atom is -0.370 e. The number of hydrogen-bond acceptors (Lipinski definition) is 4. The van der Waals surface area contributed by atoms with Gasteiger partial charge in [0.15, 0.2) is 5.96 Å². The topological polar surface area (TPSA) is 69.8 Å². The molecule has 120 valence electrons. The number of aromatic nitrogens is 1. The van der Waals surface area contributed by atoms with E-state index in [1.807, 2.05) is 13.1 Å². The summed E-state index contributed by atoms with van der Waals surface area (Å²) < 4.78 is 0. The molecule has 3 N–H and O–H groups in total. The van der Waals surface area contributed by atoms with E-state index in [-0.39, 0.29) is 0 Å². The number of rotatable bonds is 5. The average molecular weight is 302 g/mol. The van der Waals surface area contributed by atoms with E-state index in [1.54, 1.807) is 0 Å². The first-order valence-electron chi connectivity index (χ1n) is 7.61. The molecule has 2 heterocycles. The predicted octanol–water partition coefficient (Wildman–Crippen LogP) is 0.814. The third kappa shape index (κ3) is 5.04. The summed E-state index contributed by atoms with van der Waals surface area (Å²) in [6.07, 6.45) is 1.88. The average Bonchev–Trinajstić information content (AvgIpc) is 2.52. The van der Waals surface area contributed by atoms with Crippen molar-refractivity contribution in [1.82, 2.24) is 15.2 Å². The van der Waals surface area contributed by atoms with Gasteiger partial charge in [-0.25, -0.2) is 9.98 Å². The summed E-state index contributed by atoms with van der Waals surface area (Å²) in [5.74, 6) is 1.47. The molecule has 0 amide bonds. The van der Waals surface area contributed by atoms with Gasteiger partial charge < -0.3 is 20.9 Å². The Morgan fingerprint density at radius 2 is 2.09 bits per heavy atom. The second kappa shape index (κ2) is 7.79. The third-order valence-corrected chi connectivity index (χ3v) is 3.64. The maximum atomic E-state index is 5.79. The van der Waals surface area contributed by atoms with Crippen LogP contribution in [0.15, 0.2) is 35.5 Å². The Labute approximate surface area is 132 Å². The quantitative estimate of drug-likeness (QED) is 0.479. The van der Waals surface area contributed by atoms with Crippen molar-refractivity contribution in [3.63, 3.8) is 0 Å². The van der Waals surface area contributed by atoms with Crippen molar-refractivity contribution in [2.75, 3.05) is 44.7 Å². The van der Waals surface area contributed by atoms with Crippen molar-refractivity contribution in [1.29, 1.82) is 0 Å². The lowest BCUT2D eigenvalue weighted by Crippen LogP contribution is -2.44. The zero-order chi connectivity index (χ0) is 15.9. The summed E-state index contributed by atoms with van der Waals surface area (Å²) in [5.41, 5.74) is 7.87. The van der Waals surface area contributed by atoms with Crippen molar-refractivity contribution < 1.29 is 0 Å². The molecule has 1 saturated heterocycles.